The van der Waals surface area contributed by atoms with Gasteiger partial charge in [-0.25, -0.2) is 8.42 Å². The molecule has 1 aromatic rings. The lowest BCUT2D eigenvalue weighted by atomic mass is 9.94. The molecule has 3 rings (SSSR count). The molecule has 0 bridgehead atoms. The van der Waals surface area contributed by atoms with Gasteiger partial charge in [0.2, 0.25) is 10.0 Å². The third-order valence-corrected chi connectivity index (χ3v) is 6.90. The number of benzene rings is 1. The summed E-state index contributed by atoms with van der Waals surface area (Å²) < 4.78 is 27.0. The minimum absolute atomic E-state index is 0.280. The number of sulfonamides is 1. The molecule has 2 aliphatic rings. The van der Waals surface area contributed by atoms with Crippen molar-refractivity contribution in [2.45, 2.75) is 43.0 Å². The van der Waals surface area contributed by atoms with Gasteiger partial charge in [0.15, 0.2) is 0 Å². The SMILES string of the molecule is N#Cc1ccc(S(=O)(=O)N2CCN(C3CCCCC3)CC2)cc1. The van der Waals surface area contributed by atoms with Crippen molar-refractivity contribution in [3.05, 3.63) is 29.8 Å². The summed E-state index contributed by atoms with van der Waals surface area (Å²) in [5, 5.41) is 8.82. The molecule has 0 amide bonds. The van der Waals surface area contributed by atoms with E-state index in [1.807, 2.05) is 6.07 Å². The summed E-state index contributed by atoms with van der Waals surface area (Å²) in [4.78, 5) is 2.74. The van der Waals surface area contributed by atoms with Crippen LogP contribution in [-0.4, -0.2) is 49.8 Å². The number of hydrogen-bond acceptors (Lipinski definition) is 4. The second kappa shape index (κ2) is 7.00. The highest BCUT2D eigenvalue weighted by Crippen LogP contribution is 2.25. The van der Waals surface area contributed by atoms with Crippen molar-refractivity contribution in [2.24, 2.45) is 0 Å². The van der Waals surface area contributed by atoms with Gasteiger partial charge in [-0.3, -0.25) is 4.90 Å². The molecule has 0 atom stereocenters. The molecular formula is C17H23N3O2S. The van der Waals surface area contributed by atoms with E-state index in [1.165, 1.54) is 44.2 Å². The first kappa shape index (κ1) is 16.4. The van der Waals surface area contributed by atoms with Crippen LogP contribution in [0.15, 0.2) is 29.2 Å². The molecule has 6 heteroatoms. The van der Waals surface area contributed by atoms with E-state index < -0.39 is 10.0 Å². The van der Waals surface area contributed by atoms with Gasteiger partial charge in [-0.05, 0) is 37.1 Å². The fraction of sp³-hybridized carbons (Fsp3) is 0.588. The monoisotopic (exact) mass is 333 g/mol. The van der Waals surface area contributed by atoms with Crippen LogP contribution in [0.5, 0.6) is 0 Å². The Hall–Kier alpha value is -1.42. The van der Waals surface area contributed by atoms with E-state index in [-0.39, 0.29) is 4.90 Å². The highest BCUT2D eigenvalue weighted by atomic mass is 32.2. The zero-order chi connectivity index (χ0) is 16.3. The molecule has 0 N–H and O–H groups in total. The number of piperazine rings is 1. The predicted octanol–water partition coefficient (Wildman–Crippen LogP) is 2.20. The number of rotatable bonds is 3. The van der Waals surface area contributed by atoms with Crippen molar-refractivity contribution in [2.75, 3.05) is 26.2 Å². The van der Waals surface area contributed by atoms with E-state index in [4.69, 9.17) is 5.26 Å². The van der Waals surface area contributed by atoms with Gasteiger partial charge in [-0.15, -0.1) is 0 Å². The Morgan fingerprint density at radius 3 is 2.13 bits per heavy atom. The van der Waals surface area contributed by atoms with E-state index in [1.54, 1.807) is 16.4 Å². The molecular weight excluding hydrogens is 310 g/mol. The molecule has 5 nitrogen and oxygen atoms in total. The molecule has 0 aromatic heterocycles. The standard InChI is InChI=1S/C17H23N3O2S/c18-14-15-6-8-17(9-7-15)23(21,22)20-12-10-19(11-13-20)16-4-2-1-3-5-16/h6-9,16H,1-5,10-13H2. The molecule has 2 fully saturated rings. The Morgan fingerprint density at radius 1 is 0.957 bits per heavy atom. The second-order valence-electron chi connectivity index (χ2n) is 6.37. The molecule has 0 unspecified atom stereocenters. The Bertz CT molecular complexity index is 665. The van der Waals surface area contributed by atoms with E-state index >= 15 is 0 Å². The Kier molecular flexibility index (Phi) is 5.00. The topological polar surface area (TPSA) is 64.4 Å². The third kappa shape index (κ3) is 3.57. The predicted molar refractivity (Wildman–Crippen MR) is 88.4 cm³/mol. The first-order valence-corrected chi connectivity index (χ1v) is 9.79. The molecule has 1 aromatic carbocycles. The molecule has 1 aliphatic carbocycles. The number of nitriles is 1. The molecule has 0 radical (unpaired) electrons. The Balaban J connectivity index is 1.64. The lowest BCUT2D eigenvalue weighted by Crippen LogP contribution is -2.52. The lowest BCUT2D eigenvalue weighted by molar-refractivity contribution is 0.111. The van der Waals surface area contributed by atoms with E-state index in [0.29, 0.717) is 24.7 Å². The minimum atomic E-state index is -3.44. The van der Waals surface area contributed by atoms with Gasteiger partial charge in [0.05, 0.1) is 16.5 Å². The maximum absolute atomic E-state index is 12.7. The number of nitrogens with zero attached hydrogens (tertiary/aromatic N) is 3. The highest BCUT2D eigenvalue weighted by Gasteiger charge is 2.31. The Labute approximate surface area is 138 Å². The van der Waals surface area contributed by atoms with Crippen LogP contribution in [-0.2, 0) is 10.0 Å². The zero-order valence-electron chi connectivity index (χ0n) is 13.3. The first-order valence-electron chi connectivity index (χ1n) is 8.35. The van der Waals surface area contributed by atoms with Gasteiger partial charge in [0, 0.05) is 32.2 Å². The van der Waals surface area contributed by atoms with E-state index in [9.17, 15) is 8.42 Å². The van der Waals surface area contributed by atoms with Crippen LogP contribution in [0.25, 0.3) is 0 Å². The molecule has 1 aliphatic heterocycles. The van der Waals surface area contributed by atoms with Gasteiger partial charge in [-0.1, -0.05) is 19.3 Å². The van der Waals surface area contributed by atoms with Crippen molar-refractivity contribution >= 4 is 10.0 Å². The normalized spacial score (nSPS) is 21.9. The van der Waals surface area contributed by atoms with Gasteiger partial charge in [0.1, 0.15) is 0 Å². The largest absolute Gasteiger partial charge is 0.298 e. The van der Waals surface area contributed by atoms with E-state index in [0.717, 1.165) is 13.1 Å². The fourth-order valence-electron chi connectivity index (χ4n) is 3.61. The molecule has 124 valence electrons. The summed E-state index contributed by atoms with van der Waals surface area (Å²) in [6.07, 6.45) is 6.44. The van der Waals surface area contributed by atoms with Crippen LogP contribution in [0.4, 0.5) is 0 Å². The average molecular weight is 333 g/mol. The summed E-state index contributed by atoms with van der Waals surface area (Å²) in [6, 6.07) is 8.83. The summed E-state index contributed by atoms with van der Waals surface area (Å²) in [7, 11) is -3.44. The quantitative estimate of drug-likeness (QED) is 0.850. The molecule has 0 spiro atoms. The van der Waals surface area contributed by atoms with Gasteiger partial charge < -0.3 is 0 Å². The van der Waals surface area contributed by atoms with Crippen LogP contribution >= 0.6 is 0 Å². The smallest absolute Gasteiger partial charge is 0.243 e. The van der Waals surface area contributed by atoms with Crippen LogP contribution < -0.4 is 0 Å². The zero-order valence-corrected chi connectivity index (χ0v) is 14.1. The van der Waals surface area contributed by atoms with Gasteiger partial charge >= 0.3 is 0 Å². The third-order valence-electron chi connectivity index (χ3n) is 4.99. The van der Waals surface area contributed by atoms with Gasteiger partial charge in [0.25, 0.3) is 0 Å². The van der Waals surface area contributed by atoms with Crippen molar-refractivity contribution < 1.29 is 8.42 Å². The van der Waals surface area contributed by atoms with Gasteiger partial charge in [-0.2, -0.15) is 9.57 Å². The summed E-state index contributed by atoms with van der Waals surface area (Å²) in [5.41, 5.74) is 0.478. The molecule has 1 saturated carbocycles. The van der Waals surface area contributed by atoms with Crippen molar-refractivity contribution in [1.82, 2.24) is 9.21 Å². The van der Waals surface area contributed by atoms with Crippen LogP contribution in [0.3, 0.4) is 0 Å². The van der Waals surface area contributed by atoms with Crippen LogP contribution in [0.2, 0.25) is 0 Å². The summed E-state index contributed by atoms with van der Waals surface area (Å²) in [5.74, 6) is 0. The van der Waals surface area contributed by atoms with Crippen LogP contribution in [0.1, 0.15) is 37.7 Å². The number of hydrogen-bond donors (Lipinski definition) is 0. The fourth-order valence-corrected chi connectivity index (χ4v) is 5.03. The van der Waals surface area contributed by atoms with Crippen molar-refractivity contribution in [1.29, 1.82) is 5.26 Å². The highest BCUT2D eigenvalue weighted by molar-refractivity contribution is 7.89. The maximum atomic E-state index is 12.7. The molecule has 1 saturated heterocycles. The molecule has 23 heavy (non-hydrogen) atoms. The van der Waals surface area contributed by atoms with Crippen molar-refractivity contribution in [3.63, 3.8) is 0 Å². The van der Waals surface area contributed by atoms with E-state index in [2.05, 4.69) is 4.90 Å². The maximum Gasteiger partial charge on any atom is 0.243 e. The molecule has 1 heterocycles. The van der Waals surface area contributed by atoms with Crippen molar-refractivity contribution in [3.8, 4) is 6.07 Å². The Morgan fingerprint density at radius 2 is 1.57 bits per heavy atom. The van der Waals surface area contributed by atoms with Crippen LogP contribution in [0, 0.1) is 11.3 Å². The minimum Gasteiger partial charge on any atom is -0.298 e. The lowest BCUT2D eigenvalue weighted by Gasteiger charge is -2.40. The summed E-state index contributed by atoms with van der Waals surface area (Å²) >= 11 is 0. The second-order valence-corrected chi connectivity index (χ2v) is 8.31. The average Bonchev–Trinajstić information content (AvgIpc) is 2.62. The first-order chi connectivity index (χ1) is 11.1. The summed E-state index contributed by atoms with van der Waals surface area (Å²) in [6.45, 7) is 2.75.